The molecular weight excluding hydrogens is 234 g/mol. The summed E-state index contributed by atoms with van der Waals surface area (Å²) in [5, 5.41) is 8.08. The molecule has 1 atom stereocenters. The van der Waals surface area contributed by atoms with Crippen LogP contribution in [0.15, 0.2) is 24.4 Å². The number of aryl methyl sites for hydroxylation is 3. The number of aromatic nitrogens is 2. The first-order valence-corrected chi connectivity index (χ1v) is 7.08. The standard InChI is InChI=1S/C16H21N3/c1-4-13-10-18-19-15(7-8-17-16(13)19)14-6-5-11(2)12(3)9-14/h5-6,9-10,15,17H,4,7-8H2,1-3H3. The molecule has 3 heteroatoms. The van der Waals surface area contributed by atoms with Gasteiger partial charge in [-0.15, -0.1) is 0 Å². The number of rotatable bonds is 2. The van der Waals surface area contributed by atoms with E-state index in [0.29, 0.717) is 6.04 Å². The fourth-order valence-electron chi connectivity index (χ4n) is 2.82. The Bertz CT molecular complexity index is 598. The van der Waals surface area contributed by atoms with Crippen molar-refractivity contribution in [3.63, 3.8) is 0 Å². The van der Waals surface area contributed by atoms with Gasteiger partial charge in [-0.25, -0.2) is 4.68 Å². The second-order valence-corrected chi connectivity index (χ2v) is 5.39. The molecule has 0 amide bonds. The predicted octanol–water partition coefficient (Wildman–Crippen LogP) is 3.47. The van der Waals surface area contributed by atoms with E-state index in [2.05, 4.69) is 54.1 Å². The zero-order valence-electron chi connectivity index (χ0n) is 11.9. The van der Waals surface area contributed by atoms with Crippen LogP contribution in [0.25, 0.3) is 0 Å². The zero-order chi connectivity index (χ0) is 13.4. The van der Waals surface area contributed by atoms with Crippen molar-refractivity contribution in [1.82, 2.24) is 9.78 Å². The third kappa shape index (κ3) is 2.03. The lowest BCUT2D eigenvalue weighted by Crippen LogP contribution is -2.24. The lowest BCUT2D eigenvalue weighted by Gasteiger charge is -2.27. The SMILES string of the molecule is CCc1cnn2c1NCCC2c1ccc(C)c(C)c1. The molecule has 100 valence electrons. The number of anilines is 1. The van der Waals surface area contributed by atoms with Gasteiger partial charge in [0, 0.05) is 12.1 Å². The maximum absolute atomic E-state index is 4.59. The van der Waals surface area contributed by atoms with Crippen LogP contribution in [0, 0.1) is 13.8 Å². The summed E-state index contributed by atoms with van der Waals surface area (Å²) in [6.07, 6.45) is 4.13. The van der Waals surface area contributed by atoms with E-state index in [-0.39, 0.29) is 0 Å². The minimum absolute atomic E-state index is 0.371. The Morgan fingerprint density at radius 2 is 2.16 bits per heavy atom. The van der Waals surface area contributed by atoms with Crippen molar-refractivity contribution in [1.29, 1.82) is 0 Å². The molecule has 2 aromatic rings. The van der Waals surface area contributed by atoms with E-state index in [9.17, 15) is 0 Å². The molecule has 1 unspecified atom stereocenters. The van der Waals surface area contributed by atoms with Gasteiger partial charge in [-0.1, -0.05) is 25.1 Å². The second-order valence-electron chi connectivity index (χ2n) is 5.39. The normalized spacial score (nSPS) is 17.9. The Kier molecular flexibility index (Phi) is 3.05. The molecule has 2 heterocycles. The van der Waals surface area contributed by atoms with Gasteiger partial charge in [-0.3, -0.25) is 0 Å². The third-order valence-corrected chi connectivity index (χ3v) is 4.17. The van der Waals surface area contributed by atoms with E-state index >= 15 is 0 Å². The van der Waals surface area contributed by atoms with Gasteiger partial charge < -0.3 is 5.32 Å². The van der Waals surface area contributed by atoms with E-state index in [1.807, 2.05) is 6.20 Å². The van der Waals surface area contributed by atoms with Gasteiger partial charge in [0.2, 0.25) is 0 Å². The average molecular weight is 255 g/mol. The molecule has 1 aliphatic rings. The Hall–Kier alpha value is -1.77. The largest absolute Gasteiger partial charge is 0.370 e. The van der Waals surface area contributed by atoms with Crippen molar-refractivity contribution in [3.8, 4) is 0 Å². The van der Waals surface area contributed by atoms with Crippen molar-refractivity contribution in [3.05, 3.63) is 46.6 Å². The van der Waals surface area contributed by atoms with Gasteiger partial charge in [0.05, 0.1) is 12.2 Å². The van der Waals surface area contributed by atoms with E-state index in [1.54, 1.807) is 0 Å². The Morgan fingerprint density at radius 1 is 1.32 bits per heavy atom. The van der Waals surface area contributed by atoms with Crippen LogP contribution in [0.4, 0.5) is 5.82 Å². The van der Waals surface area contributed by atoms with Gasteiger partial charge >= 0.3 is 0 Å². The number of nitrogens with one attached hydrogen (secondary N) is 1. The van der Waals surface area contributed by atoms with E-state index < -0.39 is 0 Å². The molecule has 0 saturated heterocycles. The molecule has 0 radical (unpaired) electrons. The van der Waals surface area contributed by atoms with Crippen LogP contribution < -0.4 is 5.32 Å². The molecule has 1 aliphatic heterocycles. The Morgan fingerprint density at radius 3 is 2.89 bits per heavy atom. The third-order valence-electron chi connectivity index (χ3n) is 4.17. The molecule has 0 saturated carbocycles. The fraction of sp³-hybridized carbons (Fsp3) is 0.438. The van der Waals surface area contributed by atoms with Crippen molar-refractivity contribution in [2.45, 2.75) is 39.7 Å². The van der Waals surface area contributed by atoms with Crippen molar-refractivity contribution in [2.24, 2.45) is 0 Å². The first-order chi connectivity index (χ1) is 9.20. The van der Waals surface area contributed by atoms with Crippen LogP contribution in [0.3, 0.4) is 0 Å². The summed E-state index contributed by atoms with van der Waals surface area (Å²) in [6.45, 7) is 7.55. The summed E-state index contributed by atoms with van der Waals surface area (Å²) in [7, 11) is 0. The van der Waals surface area contributed by atoms with Crippen molar-refractivity contribution < 1.29 is 0 Å². The van der Waals surface area contributed by atoms with E-state index in [0.717, 1.165) is 19.4 Å². The minimum Gasteiger partial charge on any atom is -0.370 e. The lowest BCUT2D eigenvalue weighted by molar-refractivity contribution is 0.481. The van der Waals surface area contributed by atoms with Crippen LogP contribution in [0.1, 0.15) is 41.6 Å². The second kappa shape index (κ2) is 4.72. The molecule has 1 aromatic carbocycles. The van der Waals surface area contributed by atoms with Crippen LogP contribution in [-0.4, -0.2) is 16.3 Å². The number of hydrogen-bond donors (Lipinski definition) is 1. The maximum atomic E-state index is 4.59. The summed E-state index contributed by atoms with van der Waals surface area (Å²) in [5.41, 5.74) is 5.40. The highest BCUT2D eigenvalue weighted by molar-refractivity contribution is 5.47. The number of nitrogens with zero attached hydrogens (tertiary/aromatic N) is 2. The number of benzene rings is 1. The monoisotopic (exact) mass is 255 g/mol. The average Bonchev–Trinajstić information content (AvgIpc) is 2.85. The van der Waals surface area contributed by atoms with E-state index in [4.69, 9.17) is 0 Å². The van der Waals surface area contributed by atoms with Crippen molar-refractivity contribution >= 4 is 5.82 Å². The van der Waals surface area contributed by atoms with Crippen molar-refractivity contribution in [2.75, 3.05) is 11.9 Å². The highest BCUT2D eigenvalue weighted by atomic mass is 15.4. The summed E-state index contributed by atoms with van der Waals surface area (Å²) in [6, 6.07) is 7.14. The van der Waals surface area contributed by atoms with Gasteiger partial charge in [-0.05, 0) is 43.4 Å². The zero-order valence-corrected chi connectivity index (χ0v) is 11.9. The summed E-state index contributed by atoms with van der Waals surface area (Å²) in [5.74, 6) is 1.21. The fourth-order valence-corrected chi connectivity index (χ4v) is 2.82. The summed E-state index contributed by atoms with van der Waals surface area (Å²) < 4.78 is 2.16. The van der Waals surface area contributed by atoms with Crippen LogP contribution >= 0.6 is 0 Å². The molecule has 1 N–H and O–H groups in total. The van der Waals surface area contributed by atoms with Gasteiger partial charge in [0.15, 0.2) is 0 Å². The number of hydrogen-bond acceptors (Lipinski definition) is 2. The molecular formula is C16H21N3. The predicted molar refractivity (Wildman–Crippen MR) is 78.8 cm³/mol. The van der Waals surface area contributed by atoms with Crippen LogP contribution in [0.5, 0.6) is 0 Å². The molecule has 0 spiro atoms. The molecule has 1 aromatic heterocycles. The highest BCUT2D eigenvalue weighted by Crippen LogP contribution is 2.32. The summed E-state index contributed by atoms with van der Waals surface area (Å²) >= 11 is 0. The Balaban J connectivity index is 2.03. The topological polar surface area (TPSA) is 29.9 Å². The molecule has 3 nitrogen and oxygen atoms in total. The molecule has 0 aliphatic carbocycles. The quantitative estimate of drug-likeness (QED) is 0.890. The van der Waals surface area contributed by atoms with Crippen LogP contribution in [0.2, 0.25) is 0 Å². The molecule has 3 rings (SSSR count). The van der Waals surface area contributed by atoms with Gasteiger partial charge in [-0.2, -0.15) is 5.10 Å². The van der Waals surface area contributed by atoms with Gasteiger partial charge in [0.25, 0.3) is 0 Å². The molecule has 19 heavy (non-hydrogen) atoms. The maximum Gasteiger partial charge on any atom is 0.128 e. The van der Waals surface area contributed by atoms with Crippen LogP contribution in [-0.2, 0) is 6.42 Å². The number of fused-ring (bicyclic) bond motifs is 1. The lowest BCUT2D eigenvalue weighted by atomic mass is 9.98. The summed E-state index contributed by atoms with van der Waals surface area (Å²) in [4.78, 5) is 0. The smallest absolute Gasteiger partial charge is 0.128 e. The van der Waals surface area contributed by atoms with Gasteiger partial charge in [0.1, 0.15) is 5.82 Å². The minimum atomic E-state index is 0.371. The highest BCUT2D eigenvalue weighted by Gasteiger charge is 2.23. The first kappa shape index (κ1) is 12.3. The van der Waals surface area contributed by atoms with E-state index in [1.165, 1.54) is 28.1 Å². The molecule has 0 bridgehead atoms. The molecule has 0 fully saturated rings. The Labute approximate surface area is 114 Å². The first-order valence-electron chi connectivity index (χ1n) is 7.08.